The van der Waals surface area contributed by atoms with Gasteiger partial charge in [-0.25, -0.2) is 19.2 Å². The van der Waals surface area contributed by atoms with Crippen LogP contribution in [0.4, 0.5) is 14.4 Å². The number of hydrogen-bond acceptors (Lipinski definition) is 8. The number of fused-ring (bicyclic) bond motifs is 3. The van der Waals surface area contributed by atoms with Gasteiger partial charge in [-0.3, -0.25) is 4.79 Å². The summed E-state index contributed by atoms with van der Waals surface area (Å²) in [5.74, 6) is -2.63. The zero-order valence-electron chi connectivity index (χ0n) is 23.3. The molecule has 2 aromatic carbocycles. The fraction of sp³-hybridized carbons (Fsp3) is 0.433. The van der Waals surface area contributed by atoms with Crippen molar-refractivity contribution in [3.8, 4) is 11.1 Å². The van der Waals surface area contributed by atoms with Crippen molar-refractivity contribution in [1.82, 2.24) is 10.2 Å². The third-order valence-corrected chi connectivity index (χ3v) is 6.64. The van der Waals surface area contributed by atoms with E-state index in [0.29, 0.717) is 12.8 Å². The summed E-state index contributed by atoms with van der Waals surface area (Å²) in [6.07, 6.45) is -1.79. The molecule has 4 amide bonds. The van der Waals surface area contributed by atoms with Gasteiger partial charge in [-0.15, -0.1) is 4.90 Å². The number of carbonyl (C=O) groups is 5. The van der Waals surface area contributed by atoms with E-state index in [0.717, 1.165) is 35.1 Å². The molecular formula is C30H36N2O9. The van der Waals surface area contributed by atoms with Crippen molar-refractivity contribution in [3.05, 3.63) is 59.7 Å². The predicted molar refractivity (Wildman–Crippen MR) is 148 cm³/mol. The number of hydrogen-bond donors (Lipinski definition) is 2. The van der Waals surface area contributed by atoms with E-state index in [4.69, 9.17) is 14.2 Å². The molecule has 0 saturated carbocycles. The van der Waals surface area contributed by atoms with Crippen LogP contribution in [0.2, 0.25) is 0 Å². The zero-order chi connectivity index (χ0) is 29.8. The Balaban J connectivity index is 1.59. The van der Waals surface area contributed by atoms with Crippen molar-refractivity contribution in [2.75, 3.05) is 19.8 Å². The Morgan fingerprint density at radius 1 is 0.829 bits per heavy atom. The molecular weight excluding hydrogens is 532 g/mol. The fourth-order valence-electron chi connectivity index (χ4n) is 4.43. The lowest BCUT2D eigenvalue weighted by Crippen LogP contribution is -2.45. The number of imide groups is 3. The summed E-state index contributed by atoms with van der Waals surface area (Å²) in [7, 11) is 0. The lowest BCUT2D eigenvalue weighted by molar-refractivity contribution is -0.139. The van der Waals surface area contributed by atoms with E-state index in [1.165, 1.54) is 0 Å². The number of aliphatic carboxylic acids is 1. The minimum atomic E-state index is -1.51. The average molecular weight is 569 g/mol. The molecule has 2 aromatic rings. The highest BCUT2D eigenvalue weighted by molar-refractivity contribution is 6.06. The van der Waals surface area contributed by atoms with Gasteiger partial charge in [-0.1, -0.05) is 75.2 Å². The molecule has 0 bridgehead atoms. The normalized spacial score (nSPS) is 12.4. The van der Waals surface area contributed by atoms with Gasteiger partial charge in [0.1, 0.15) is 12.6 Å². The van der Waals surface area contributed by atoms with Gasteiger partial charge in [-0.2, -0.15) is 0 Å². The van der Waals surface area contributed by atoms with Gasteiger partial charge in [0.15, 0.2) is 0 Å². The van der Waals surface area contributed by atoms with Gasteiger partial charge in [0.25, 0.3) is 0 Å². The Morgan fingerprint density at radius 3 is 1.83 bits per heavy atom. The summed E-state index contributed by atoms with van der Waals surface area (Å²) in [6, 6.07) is 14.1. The molecule has 1 aliphatic rings. The van der Waals surface area contributed by atoms with Crippen molar-refractivity contribution < 1.29 is 43.3 Å². The molecule has 0 aliphatic heterocycles. The highest BCUT2D eigenvalue weighted by Crippen LogP contribution is 2.44. The van der Waals surface area contributed by atoms with Crippen molar-refractivity contribution >= 4 is 30.2 Å². The number of rotatable bonds is 13. The summed E-state index contributed by atoms with van der Waals surface area (Å²) >= 11 is 0. The van der Waals surface area contributed by atoms with Crippen LogP contribution in [0.1, 0.15) is 69.4 Å². The minimum absolute atomic E-state index is 0.00242. The molecule has 0 saturated heterocycles. The van der Waals surface area contributed by atoms with Gasteiger partial charge < -0.3 is 24.6 Å². The van der Waals surface area contributed by atoms with E-state index < -0.39 is 49.0 Å². The summed E-state index contributed by atoms with van der Waals surface area (Å²) in [5, 5.41) is 11.9. The van der Waals surface area contributed by atoms with E-state index in [1.807, 2.05) is 62.4 Å². The molecule has 2 N–H and O–H groups in total. The Labute approximate surface area is 238 Å². The van der Waals surface area contributed by atoms with Crippen LogP contribution in [0.15, 0.2) is 48.5 Å². The number of unbranched alkanes of at least 4 members (excludes halogenated alkanes) is 2. The molecule has 0 unspecified atom stereocenters. The quantitative estimate of drug-likeness (QED) is 0.237. The minimum Gasteiger partial charge on any atom is -0.480 e. The van der Waals surface area contributed by atoms with Gasteiger partial charge in [-0.05, 0) is 41.5 Å². The summed E-state index contributed by atoms with van der Waals surface area (Å²) in [6.45, 7) is 3.74. The first-order chi connectivity index (χ1) is 19.8. The van der Waals surface area contributed by atoms with Crippen LogP contribution in [0.3, 0.4) is 0 Å². The summed E-state index contributed by atoms with van der Waals surface area (Å²) in [5.41, 5.74) is 4.09. The standard InChI is InChI=1S/C30H36N2O9/c1-3-5-17-39-29(37)32(30(38)40-18-6-4-2)26(33)16-15-25(27(34)35)31-28(36)41-19-24-22-13-9-7-11-20(22)21-12-8-10-14-23(21)24/h7-14,24-25H,3-6,15-19H2,1-2H3,(H,31,36)(H,34,35)/t25-/m1/s1. The first-order valence-corrected chi connectivity index (χ1v) is 13.8. The second kappa shape index (κ2) is 15.4. The van der Waals surface area contributed by atoms with Gasteiger partial charge in [0.2, 0.25) is 5.91 Å². The number of benzene rings is 2. The second-order valence-corrected chi connectivity index (χ2v) is 9.56. The van der Waals surface area contributed by atoms with Crippen molar-refractivity contribution in [1.29, 1.82) is 0 Å². The van der Waals surface area contributed by atoms with Crippen LogP contribution in [-0.4, -0.2) is 66.0 Å². The number of nitrogens with one attached hydrogen (secondary N) is 1. The Kier molecular flexibility index (Phi) is 11.7. The number of amides is 4. The van der Waals surface area contributed by atoms with E-state index in [-0.39, 0.29) is 30.6 Å². The lowest BCUT2D eigenvalue weighted by atomic mass is 9.98. The number of alkyl carbamates (subject to hydrolysis) is 1. The highest BCUT2D eigenvalue weighted by Gasteiger charge is 2.33. The van der Waals surface area contributed by atoms with E-state index in [9.17, 15) is 29.1 Å². The van der Waals surface area contributed by atoms with E-state index >= 15 is 0 Å². The number of ether oxygens (including phenoxy) is 3. The molecule has 1 aliphatic carbocycles. The van der Waals surface area contributed by atoms with Crippen LogP contribution in [0, 0.1) is 0 Å². The third-order valence-electron chi connectivity index (χ3n) is 6.64. The molecule has 11 nitrogen and oxygen atoms in total. The van der Waals surface area contributed by atoms with Gasteiger partial charge in [0, 0.05) is 12.3 Å². The number of carboxylic acid groups (broad SMARTS) is 1. The molecule has 1 atom stereocenters. The molecule has 0 heterocycles. The highest BCUT2D eigenvalue weighted by atomic mass is 16.6. The van der Waals surface area contributed by atoms with Crippen molar-refractivity contribution in [2.45, 2.75) is 64.3 Å². The predicted octanol–water partition coefficient (Wildman–Crippen LogP) is 5.46. The van der Waals surface area contributed by atoms with Crippen LogP contribution in [-0.2, 0) is 23.8 Å². The number of carboxylic acids is 1. The monoisotopic (exact) mass is 568 g/mol. The molecule has 220 valence electrons. The first kappa shape index (κ1) is 31.1. The van der Waals surface area contributed by atoms with Crippen LogP contribution < -0.4 is 5.32 Å². The maximum Gasteiger partial charge on any atom is 0.426 e. The van der Waals surface area contributed by atoms with Gasteiger partial charge >= 0.3 is 24.2 Å². The Morgan fingerprint density at radius 2 is 1.34 bits per heavy atom. The SMILES string of the molecule is CCCCOC(=O)N(C(=O)CC[C@@H](NC(=O)OCC1c2ccccc2-c2ccccc21)C(=O)O)C(=O)OCCCC. The van der Waals surface area contributed by atoms with Crippen LogP contribution in [0.25, 0.3) is 11.1 Å². The Hall–Kier alpha value is -4.41. The molecule has 0 aromatic heterocycles. The summed E-state index contributed by atoms with van der Waals surface area (Å²) < 4.78 is 15.4. The Bertz CT molecular complexity index is 1180. The lowest BCUT2D eigenvalue weighted by Gasteiger charge is -2.20. The molecule has 11 heteroatoms. The maximum atomic E-state index is 12.8. The van der Waals surface area contributed by atoms with Crippen LogP contribution in [0.5, 0.6) is 0 Å². The zero-order valence-corrected chi connectivity index (χ0v) is 23.3. The first-order valence-electron chi connectivity index (χ1n) is 13.8. The molecule has 0 radical (unpaired) electrons. The average Bonchev–Trinajstić information content (AvgIpc) is 3.28. The molecule has 3 rings (SSSR count). The van der Waals surface area contributed by atoms with Crippen molar-refractivity contribution in [3.63, 3.8) is 0 Å². The maximum absolute atomic E-state index is 12.8. The topological polar surface area (TPSA) is 149 Å². The molecule has 41 heavy (non-hydrogen) atoms. The summed E-state index contributed by atoms with van der Waals surface area (Å²) in [4.78, 5) is 62.4. The van der Waals surface area contributed by atoms with E-state index in [2.05, 4.69) is 5.32 Å². The van der Waals surface area contributed by atoms with Gasteiger partial charge in [0.05, 0.1) is 13.2 Å². The molecule has 0 spiro atoms. The van der Waals surface area contributed by atoms with Crippen molar-refractivity contribution in [2.24, 2.45) is 0 Å². The van der Waals surface area contributed by atoms with Crippen LogP contribution >= 0.6 is 0 Å². The fourth-order valence-corrected chi connectivity index (χ4v) is 4.43. The molecule has 0 fully saturated rings. The van der Waals surface area contributed by atoms with E-state index in [1.54, 1.807) is 0 Å². The number of carbonyl (C=O) groups excluding carboxylic acids is 4. The smallest absolute Gasteiger partial charge is 0.426 e. The number of nitrogens with zero attached hydrogens (tertiary/aromatic N) is 1. The third kappa shape index (κ3) is 8.29. The largest absolute Gasteiger partial charge is 0.480 e. The second-order valence-electron chi connectivity index (χ2n) is 9.56.